The number of carbonyl (C=O) groups is 1. The molecule has 0 aromatic heterocycles. The first-order chi connectivity index (χ1) is 8.63. The molecule has 18 heavy (non-hydrogen) atoms. The normalized spacial score (nSPS) is 12.1. The first kappa shape index (κ1) is 14.5. The molecule has 0 bridgehead atoms. The highest BCUT2D eigenvalue weighted by molar-refractivity contribution is 5.76. The lowest BCUT2D eigenvalue weighted by Gasteiger charge is -2.12. The second-order valence-corrected chi connectivity index (χ2v) is 4.62. The maximum atomic E-state index is 11.7. The molecule has 0 spiro atoms. The fourth-order valence-corrected chi connectivity index (χ4v) is 1.79. The SMILES string of the molecule is CC(CC(=O)NCCCCN)c1ccc(N)cc1. The lowest BCUT2D eigenvalue weighted by molar-refractivity contribution is -0.121. The van der Waals surface area contributed by atoms with E-state index < -0.39 is 0 Å². The molecule has 1 atom stereocenters. The first-order valence-corrected chi connectivity index (χ1v) is 6.45. The average molecular weight is 249 g/mol. The van der Waals surface area contributed by atoms with Crippen LogP contribution in [0, 0.1) is 0 Å². The van der Waals surface area contributed by atoms with Crippen LogP contribution in [-0.2, 0) is 4.79 Å². The Labute approximate surface area is 109 Å². The molecule has 4 heteroatoms. The molecular formula is C14H23N3O. The molecule has 0 aliphatic rings. The summed E-state index contributed by atoms with van der Waals surface area (Å²) in [5.41, 5.74) is 12.9. The van der Waals surface area contributed by atoms with Crippen molar-refractivity contribution in [2.75, 3.05) is 18.8 Å². The summed E-state index contributed by atoms with van der Waals surface area (Å²) in [4.78, 5) is 11.7. The largest absolute Gasteiger partial charge is 0.399 e. The Kier molecular flexibility index (Phi) is 6.22. The van der Waals surface area contributed by atoms with Gasteiger partial charge in [-0.05, 0) is 43.0 Å². The zero-order valence-electron chi connectivity index (χ0n) is 11.0. The fraction of sp³-hybridized carbons (Fsp3) is 0.500. The molecule has 100 valence electrons. The molecular weight excluding hydrogens is 226 g/mol. The molecule has 0 saturated carbocycles. The van der Waals surface area contributed by atoms with E-state index in [1.807, 2.05) is 31.2 Å². The molecule has 0 fully saturated rings. The van der Waals surface area contributed by atoms with E-state index in [1.54, 1.807) is 0 Å². The number of nitrogen functional groups attached to an aromatic ring is 1. The zero-order valence-corrected chi connectivity index (χ0v) is 11.0. The summed E-state index contributed by atoms with van der Waals surface area (Å²) in [6.07, 6.45) is 2.40. The summed E-state index contributed by atoms with van der Waals surface area (Å²) in [5.74, 6) is 0.302. The number of rotatable bonds is 7. The smallest absolute Gasteiger partial charge is 0.220 e. The third-order valence-electron chi connectivity index (χ3n) is 2.95. The van der Waals surface area contributed by atoms with Crippen LogP contribution in [0.15, 0.2) is 24.3 Å². The predicted octanol–water partition coefficient (Wildman–Crippen LogP) is 1.62. The summed E-state index contributed by atoms with van der Waals surface area (Å²) in [6.45, 7) is 3.44. The summed E-state index contributed by atoms with van der Waals surface area (Å²) in [6, 6.07) is 7.68. The van der Waals surface area contributed by atoms with Crippen LogP contribution in [0.1, 0.15) is 37.7 Å². The van der Waals surface area contributed by atoms with Gasteiger partial charge in [0.2, 0.25) is 5.91 Å². The first-order valence-electron chi connectivity index (χ1n) is 6.45. The maximum absolute atomic E-state index is 11.7. The number of carbonyl (C=O) groups excluding carboxylic acids is 1. The van der Waals surface area contributed by atoms with Gasteiger partial charge < -0.3 is 16.8 Å². The topological polar surface area (TPSA) is 81.1 Å². The second kappa shape index (κ2) is 7.71. The van der Waals surface area contributed by atoms with Gasteiger partial charge in [0.1, 0.15) is 0 Å². The van der Waals surface area contributed by atoms with Crippen LogP contribution in [0.2, 0.25) is 0 Å². The van der Waals surface area contributed by atoms with Crippen LogP contribution in [0.3, 0.4) is 0 Å². The van der Waals surface area contributed by atoms with E-state index in [0.29, 0.717) is 19.5 Å². The molecule has 0 heterocycles. The number of hydrogen-bond acceptors (Lipinski definition) is 3. The van der Waals surface area contributed by atoms with Crippen molar-refractivity contribution in [2.24, 2.45) is 5.73 Å². The van der Waals surface area contributed by atoms with E-state index in [2.05, 4.69) is 5.32 Å². The predicted molar refractivity (Wildman–Crippen MR) is 75.2 cm³/mol. The highest BCUT2D eigenvalue weighted by Gasteiger charge is 2.10. The van der Waals surface area contributed by atoms with E-state index in [-0.39, 0.29) is 11.8 Å². The lowest BCUT2D eigenvalue weighted by atomic mass is 9.97. The molecule has 4 nitrogen and oxygen atoms in total. The zero-order chi connectivity index (χ0) is 13.4. The maximum Gasteiger partial charge on any atom is 0.220 e. The minimum atomic E-state index is 0.0938. The highest BCUT2D eigenvalue weighted by Crippen LogP contribution is 2.19. The van der Waals surface area contributed by atoms with Crippen molar-refractivity contribution >= 4 is 11.6 Å². The Bertz CT molecular complexity index is 362. The number of anilines is 1. The van der Waals surface area contributed by atoms with E-state index in [1.165, 1.54) is 0 Å². The minimum absolute atomic E-state index is 0.0938. The van der Waals surface area contributed by atoms with E-state index in [9.17, 15) is 4.79 Å². The van der Waals surface area contributed by atoms with Crippen molar-refractivity contribution in [1.82, 2.24) is 5.32 Å². The number of amides is 1. The van der Waals surface area contributed by atoms with Gasteiger partial charge in [-0.3, -0.25) is 4.79 Å². The van der Waals surface area contributed by atoms with Gasteiger partial charge in [0.15, 0.2) is 0 Å². The quantitative estimate of drug-likeness (QED) is 0.507. The molecule has 0 radical (unpaired) electrons. The standard InChI is InChI=1S/C14H23N3O/c1-11(12-4-6-13(16)7-5-12)10-14(18)17-9-3-2-8-15/h4-7,11H,2-3,8-10,15-16H2,1H3,(H,17,18). The molecule has 1 amide bonds. The van der Waals surface area contributed by atoms with Gasteiger partial charge in [-0.15, -0.1) is 0 Å². The summed E-state index contributed by atoms with van der Waals surface area (Å²) in [5, 5.41) is 2.91. The second-order valence-electron chi connectivity index (χ2n) is 4.62. The van der Waals surface area contributed by atoms with Crippen molar-refractivity contribution < 1.29 is 4.79 Å². The van der Waals surface area contributed by atoms with Gasteiger partial charge in [-0.25, -0.2) is 0 Å². The number of nitrogens with two attached hydrogens (primary N) is 2. The number of nitrogens with one attached hydrogen (secondary N) is 1. The van der Waals surface area contributed by atoms with Crippen LogP contribution >= 0.6 is 0 Å². The molecule has 5 N–H and O–H groups in total. The lowest BCUT2D eigenvalue weighted by Crippen LogP contribution is -2.25. The minimum Gasteiger partial charge on any atom is -0.399 e. The molecule has 0 aliphatic heterocycles. The summed E-state index contributed by atoms with van der Waals surface area (Å²) in [7, 11) is 0. The molecule has 1 aromatic rings. The molecule has 0 aliphatic carbocycles. The summed E-state index contributed by atoms with van der Waals surface area (Å²) >= 11 is 0. The van der Waals surface area contributed by atoms with Crippen molar-refractivity contribution in [1.29, 1.82) is 0 Å². The van der Waals surface area contributed by atoms with Crippen LogP contribution in [-0.4, -0.2) is 19.0 Å². The third-order valence-corrected chi connectivity index (χ3v) is 2.95. The monoisotopic (exact) mass is 249 g/mol. The van der Waals surface area contributed by atoms with Gasteiger partial charge in [-0.1, -0.05) is 19.1 Å². The van der Waals surface area contributed by atoms with Gasteiger partial charge in [0.25, 0.3) is 0 Å². The van der Waals surface area contributed by atoms with Crippen LogP contribution in [0.4, 0.5) is 5.69 Å². The van der Waals surface area contributed by atoms with Crippen molar-refractivity contribution in [2.45, 2.75) is 32.1 Å². The highest BCUT2D eigenvalue weighted by atomic mass is 16.1. The molecule has 1 aromatic carbocycles. The van der Waals surface area contributed by atoms with Gasteiger partial charge >= 0.3 is 0 Å². The molecule has 1 rings (SSSR count). The van der Waals surface area contributed by atoms with Gasteiger partial charge in [-0.2, -0.15) is 0 Å². The third kappa shape index (κ3) is 5.19. The van der Waals surface area contributed by atoms with Crippen LogP contribution < -0.4 is 16.8 Å². The Hall–Kier alpha value is -1.55. The van der Waals surface area contributed by atoms with E-state index in [0.717, 1.165) is 24.1 Å². The Balaban J connectivity index is 2.33. The molecule has 1 unspecified atom stereocenters. The van der Waals surface area contributed by atoms with E-state index >= 15 is 0 Å². The average Bonchev–Trinajstić information content (AvgIpc) is 2.35. The Morgan fingerprint density at radius 3 is 2.56 bits per heavy atom. The number of unbranched alkanes of at least 4 members (excludes halogenated alkanes) is 1. The van der Waals surface area contributed by atoms with Crippen LogP contribution in [0.5, 0.6) is 0 Å². The van der Waals surface area contributed by atoms with Crippen molar-refractivity contribution in [3.05, 3.63) is 29.8 Å². The summed E-state index contributed by atoms with van der Waals surface area (Å²) < 4.78 is 0. The fourth-order valence-electron chi connectivity index (χ4n) is 1.79. The van der Waals surface area contributed by atoms with Crippen molar-refractivity contribution in [3.63, 3.8) is 0 Å². The Morgan fingerprint density at radius 2 is 1.94 bits per heavy atom. The van der Waals surface area contributed by atoms with Crippen molar-refractivity contribution in [3.8, 4) is 0 Å². The van der Waals surface area contributed by atoms with Gasteiger partial charge in [0.05, 0.1) is 0 Å². The molecule has 0 saturated heterocycles. The Morgan fingerprint density at radius 1 is 1.28 bits per heavy atom. The van der Waals surface area contributed by atoms with Gasteiger partial charge in [0, 0.05) is 18.7 Å². The number of hydrogen-bond donors (Lipinski definition) is 3. The van der Waals surface area contributed by atoms with Crippen LogP contribution in [0.25, 0.3) is 0 Å². The number of benzene rings is 1. The van der Waals surface area contributed by atoms with E-state index in [4.69, 9.17) is 11.5 Å².